The van der Waals surface area contributed by atoms with Gasteiger partial charge in [0, 0.05) is 32.3 Å². The Kier molecular flexibility index (Phi) is 7.13. The average molecular weight is 393 g/mol. The van der Waals surface area contributed by atoms with Crippen LogP contribution in [0.2, 0.25) is 0 Å². The Labute approximate surface area is 167 Å². The van der Waals surface area contributed by atoms with Crippen molar-refractivity contribution < 1.29 is 13.9 Å². The summed E-state index contributed by atoms with van der Waals surface area (Å²) in [6, 6.07) is 4.96. The molecular formula is C21H33FN4O2. The summed E-state index contributed by atoms with van der Waals surface area (Å²) in [5.74, 6) is 0.631. The molecule has 3 rings (SSSR count). The molecule has 0 saturated carbocycles. The van der Waals surface area contributed by atoms with E-state index in [9.17, 15) is 4.39 Å². The third-order valence-corrected chi connectivity index (χ3v) is 6.04. The number of hydrogen-bond donors (Lipinski definition) is 2. The monoisotopic (exact) mass is 392 g/mol. The first-order chi connectivity index (χ1) is 13.6. The molecule has 0 aliphatic carbocycles. The van der Waals surface area contributed by atoms with Crippen molar-refractivity contribution in [3.05, 3.63) is 29.6 Å². The van der Waals surface area contributed by atoms with Crippen LogP contribution in [0, 0.1) is 5.82 Å². The van der Waals surface area contributed by atoms with E-state index < -0.39 is 0 Å². The average Bonchev–Trinajstić information content (AvgIpc) is 3.27. The Balaban J connectivity index is 1.62. The molecular weight excluding hydrogens is 359 g/mol. The summed E-state index contributed by atoms with van der Waals surface area (Å²) in [4.78, 5) is 7.00. The highest BCUT2D eigenvalue weighted by atomic mass is 19.1. The first-order valence-electron chi connectivity index (χ1n) is 10.2. The number of nitrogens with zero attached hydrogens (tertiary/aromatic N) is 2. The lowest BCUT2D eigenvalue weighted by atomic mass is 9.88. The minimum absolute atomic E-state index is 0.0796. The van der Waals surface area contributed by atoms with Crippen molar-refractivity contribution in [2.45, 2.75) is 44.2 Å². The molecule has 2 N–H and O–H groups in total. The molecule has 2 aliphatic rings. The topological polar surface area (TPSA) is 58.1 Å². The molecule has 0 spiro atoms. The molecule has 0 amide bonds. The van der Waals surface area contributed by atoms with Crippen LogP contribution in [0.3, 0.4) is 0 Å². The molecule has 2 saturated heterocycles. The van der Waals surface area contributed by atoms with Crippen molar-refractivity contribution in [2.75, 3.05) is 47.0 Å². The lowest BCUT2D eigenvalue weighted by molar-refractivity contribution is -0.0164. The molecule has 156 valence electrons. The first kappa shape index (κ1) is 20.9. The fourth-order valence-corrected chi connectivity index (χ4v) is 4.23. The van der Waals surface area contributed by atoms with Crippen LogP contribution in [0.1, 0.15) is 44.2 Å². The minimum atomic E-state index is -0.355. The highest BCUT2D eigenvalue weighted by molar-refractivity contribution is 5.80. The molecule has 6 nitrogen and oxygen atoms in total. The summed E-state index contributed by atoms with van der Waals surface area (Å²) in [7, 11) is 3.24. The Bertz CT molecular complexity index is 670. The Morgan fingerprint density at radius 2 is 2.04 bits per heavy atom. The number of rotatable bonds is 6. The normalized spacial score (nSPS) is 21.4. The van der Waals surface area contributed by atoms with E-state index in [1.54, 1.807) is 13.1 Å². The third kappa shape index (κ3) is 4.75. The smallest absolute Gasteiger partial charge is 0.191 e. The Morgan fingerprint density at radius 3 is 2.64 bits per heavy atom. The molecule has 7 heteroatoms. The maximum Gasteiger partial charge on any atom is 0.191 e. The van der Waals surface area contributed by atoms with Gasteiger partial charge in [0.05, 0.1) is 13.2 Å². The highest BCUT2D eigenvalue weighted by Crippen LogP contribution is 2.30. The van der Waals surface area contributed by atoms with E-state index in [-0.39, 0.29) is 23.1 Å². The summed E-state index contributed by atoms with van der Waals surface area (Å²) in [5.41, 5.74) is 0.975. The van der Waals surface area contributed by atoms with Gasteiger partial charge in [0.25, 0.3) is 0 Å². The molecule has 28 heavy (non-hydrogen) atoms. The van der Waals surface area contributed by atoms with Crippen molar-refractivity contribution >= 4 is 5.96 Å². The fourth-order valence-electron chi connectivity index (χ4n) is 4.23. The quantitative estimate of drug-likeness (QED) is 0.576. The number of hydrogen-bond acceptors (Lipinski definition) is 4. The van der Waals surface area contributed by atoms with E-state index in [1.165, 1.54) is 26.0 Å². The van der Waals surface area contributed by atoms with Crippen molar-refractivity contribution in [1.82, 2.24) is 15.5 Å². The zero-order valence-electron chi connectivity index (χ0n) is 17.3. The fraction of sp³-hybridized carbons (Fsp3) is 0.667. The molecule has 1 unspecified atom stereocenters. The molecule has 0 bridgehead atoms. The number of nitrogens with one attached hydrogen (secondary N) is 2. The van der Waals surface area contributed by atoms with E-state index in [2.05, 4.69) is 20.5 Å². The summed E-state index contributed by atoms with van der Waals surface area (Å²) >= 11 is 0. The number of ether oxygens (including phenoxy) is 2. The predicted octanol–water partition coefficient (Wildman–Crippen LogP) is 2.71. The maximum absolute atomic E-state index is 14.0. The number of halogens is 1. The van der Waals surface area contributed by atoms with Gasteiger partial charge in [-0.25, -0.2) is 4.39 Å². The second-order valence-corrected chi connectivity index (χ2v) is 7.72. The van der Waals surface area contributed by atoms with Crippen LogP contribution < -0.4 is 15.4 Å². The predicted molar refractivity (Wildman–Crippen MR) is 109 cm³/mol. The number of aliphatic imine (C=N–C) groups is 1. The SMILES string of the molecule is CN=C(NCC1(N2CCCC2)CCOCC1)NC(C)c1ccc(OC)c(F)c1. The van der Waals surface area contributed by atoms with Crippen LogP contribution in [0.25, 0.3) is 0 Å². The first-order valence-corrected chi connectivity index (χ1v) is 10.2. The second-order valence-electron chi connectivity index (χ2n) is 7.72. The number of methoxy groups -OCH3 is 1. The molecule has 2 fully saturated rings. The third-order valence-electron chi connectivity index (χ3n) is 6.04. The Morgan fingerprint density at radius 1 is 1.32 bits per heavy atom. The van der Waals surface area contributed by atoms with E-state index in [4.69, 9.17) is 9.47 Å². The standard InChI is InChI=1S/C21H33FN4O2/c1-16(17-6-7-19(27-3)18(22)14-17)25-20(23-2)24-15-21(8-12-28-13-9-21)26-10-4-5-11-26/h6-7,14,16H,4-5,8-13,15H2,1-3H3,(H2,23,24,25). The summed E-state index contributed by atoms with van der Waals surface area (Å²) in [5, 5.41) is 6.89. The van der Waals surface area contributed by atoms with Gasteiger partial charge in [-0.05, 0) is 63.4 Å². The Hall–Kier alpha value is -1.86. The minimum Gasteiger partial charge on any atom is -0.494 e. The lowest BCUT2D eigenvalue weighted by Crippen LogP contribution is -2.58. The zero-order valence-corrected chi connectivity index (χ0v) is 17.3. The molecule has 2 aliphatic heterocycles. The molecule has 0 aromatic heterocycles. The van der Waals surface area contributed by atoms with Crippen LogP contribution in [0.4, 0.5) is 4.39 Å². The van der Waals surface area contributed by atoms with Crippen LogP contribution in [-0.4, -0.2) is 63.4 Å². The van der Waals surface area contributed by atoms with E-state index in [1.807, 2.05) is 13.0 Å². The maximum atomic E-state index is 14.0. The van der Waals surface area contributed by atoms with Gasteiger partial charge in [-0.1, -0.05) is 6.07 Å². The zero-order chi connectivity index (χ0) is 20.0. The van der Waals surface area contributed by atoms with Crippen LogP contribution in [0.5, 0.6) is 5.75 Å². The van der Waals surface area contributed by atoms with Crippen LogP contribution in [0.15, 0.2) is 23.2 Å². The van der Waals surface area contributed by atoms with E-state index >= 15 is 0 Å². The van der Waals surface area contributed by atoms with Crippen LogP contribution in [-0.2, 0) is 4.74 Å². The van der Waals surface area contributed by atoms with Crippen molar-refractivity contribution in [3.63, 3.8) is 0 Å². The second kappa shape index (κ2) is 9.56. The van der Waals surface area contributed by atoms with Gasteiger partial charge in [0.1, 0.15) is 0 Å². The van der Waals surface area contributed by atoms with E-state index in [0.717, 1.165) is 57.2 Å². The van der Waals surface area contributed by atoms with Gasteiger partial charge >= 0.3 is 0 Å². The molecule has 1 atom stereocenters. The van der Waals surface area contributed by atoms with E-state index in [0.29, 0.717) is 0 Å². The number of guanidine groups is 1. The van der Waals surface area contributed by atoms with Gasteiger partial charge in [-0.3, -0.25) is 9.89 Å². The molecule has 2 heterocycles. The molecule has 0 radical (unpaired) electrons. The van der Waals surface area contributed by atoms with Crippen molar-refractivity contribution in [1.29, 1.82) is 0 Å². The van der Waals surface area contributed by atoms with Crippen molar-refractivity contribution in [2.24, 2.45) is 4.99 Å². The summed E-state index contributed by atoms with van der Waals surface area (Å²) in [6.07, 6.45) is 4.62. The van der Waals surface area contributed by atoms with Gasteiger partial charge < -0.3 is 20.1 Å². The summed E-state index contributed by atoms with van der Waals surface area (Å²) < 4.78 is 24.7. The number of benzene rings is 1. The largest absolute Gasteiger partial charge is 0.494 e. The lowest BCUT2D eigenvalue weighted by Gasteiger charge is -2.45. The highest BCUT2D eigenvalue weighted by Gasteiger charge is 2.39. The van der Waals surface area contributed by atoms with Gasteiger partial charge in [-0.15, -0.1) is 0 Å². The van der Waals surface area contributed by atoms with Gasteiger partial charge in [0.15, 0.2) is 17.5 Å². The summed E-state index contributed by atoms with van der Waals surface area (Å²) in [6.45, 7) is 6.78. The van der Waals surface area contributed by atoms with Crippen LogP contribution >= 0.6 is 0 Å². The molecule has 1 aromatic carbocycles. The number of likely N-dealkylation sites (tertiary alicyclic amines) is 1. The molecule has 1 aromatic rings. The van der Waals surface area contributed by atoms with Gasteiger partial charge in [-0.2, -0.15) is 0 Å². The van der Waals surface area contributed by atoms with Gasteiger partial charge in [0.2, 0.25) is 0 Å². The van der Waals surface area contributed by atoms with Crippen molar-refractivity contribution in [3.8, 4) is 5.75 Å².